The largest absolute Gasteiger partial charge is 0.477 e. The number of hydrogen-bond donors (Lipinski definition) is 2. The van der Waals surface area contributed by atoms with Crippen LogP contribution in [0.4, 0.5) is 5.82 Å². The predicted octanol–water partition coefficient (Wildman–Crippen LogP) is 0.296. The van der Waals surface area contributed by atoms with E-state index in [1.54, 1.807) is 10.3 Å². The van der Waals surface area contributed by atoms with Gasteiger partial charge in [-0.25, -0.2) is 4.79 Å². The summed E-state index contributed by atoms with van der Waals surface area (Å²) in [6, 6.07) is 0. The van der Waals surface area contributed by atoms with Crippen LogP contribution < -0.4 is 4.90 Å². The molecule has 1 atom stereocenters. The van der Waals surface area contributed by atoms with E-state index in [4.69, 9.17) is 5.11 Å². The third-order valence-electron chi connectivity index (χ3n) is 2.04. The number of H-pyrrole nitrogens is 1. The Morgan fingerprint density at radius 1 is 1.69 bits per heavy atom. The number of aromatic amines is 1. The molecule has 2 aliphatic heterocycles. The van der Waals surface area contributed by atoms with E-state index < -0.39 is 5.97 Å². The second kappa shape index (κ2) is 2.05. The number of carboxylic acids is 1. The summed E-state index contributed by atoms with van der Waals surface area (Å²) in [6.45, 7) is 0. The van der Waals surface area contributed by atoms with E-state index >= 15 is 0 Å². The molecule has 0 bridgehead atoms. The standard InChI is InChI=1S/C6H4N4O2S/c11-6(12)2-1-13-5-3-4(10(2)5)8-9-7-3/h1,5H,(H,11,12)(H,7,8,9). The first-order valence-corrected chi connectivity index (χ1v) is 4.52. The first-order valence-electron chi connectivity index (χ1n) is 3.58. The predicted molar refractivity (Wildman–Crippen MR) is 44.9 cm³/mol. The first-order chi connectivity index (χ1) is 6.29. The Labute approximate surface area is 76.6 Å². The SMILES string of the molecule is O=C(O)C1=CSC2c3n[nH]nc3N12. The Hall–Kier alpha value is -1.50. The number of aliphatic carboxylic acids is 1. The van der Waals surface area contributed by atoms with Crippen LogP contribution in [0.5, 0.6) is 0 Å². The number of carboxylic acid groups (broad SMARTS) is 1. The van der Waals surface area contributed by atoms with Gasteiger partial charge in [-0.15, -0.1) is 5.10 Å². The van der Waals surface area contributed by atoms with Crippen LogP contribution in [0, 0.1) is 0 Å². The smallest absolute Gasteiger partial charge is 0.353 e. The van der Waals surface area contributed by atoms with Gasteiger partial charge in [0, 0.05) is 5.41 Å². The number of aromatic nitrogens is 3. The molecule has 2 aliphatic rings. The molecule has 0 spiro atoms. The van der Waals surface area contributed by atoms with Gasteiger partial charge in [0.15, 0.2) is 5.82 Å². The lowest BCUT2D eigenvalue weighted by molar-refractivity contribution is -0.132. The number of nitrogens with zero attached hydrogens (tertiary/aromatic N) is 3. The van der Waals surface area contributed by atoms with Crippen molar-refractivity contribution < 1.29 is 9.90 Å². The summed E-state index contributed by atoms with van der Waals surface area (Å²) in [5, 5.41) is 20.7. The number of carbonyl (C=O) groups is 1. The zero-order valence-corrected chi connectivity index (χ0v) is 7.08. The number of rotatable bonds is 1. The molecule has 6 nitrogen and oxygen atoms in total. The maximum absolute atomic E-state index is 10.7. The average molecular weight is 196 g/mol. The van der Waals surface area contributed by atoms with Crippen LogP contribution >= 0.6 is 11.8 Å². The quantitative estimate of drug-likeness (QED) is 0.672. The molecule has 3 rings (SSSR count). The van der Waals surface area contributed by atoms with E-state index in [-0.39, 0.29) is 11.1 Å². The first kappa shape index (κ1) is 6.96. The van der Waals surface area contributed by atoms with E-state index in [1.807, 2.05) is 0 Å². The van der Waals surface area contributed by atoms with Crippen molar-refractivity contribution in [1.29, 1.82) is 0 Å². The number of fused-ring (bicyclic) bond motifs is 4. The summed E-state index contributed by atoms with van der Waals surface area (Å²) >= 11 is 1.44. The Bertz CT molecular complexity index is 426. The van der Waals surface area contributed by atoms with E-state index in [2.05, 4.69) is 15.4 Å². The highest BCUT2D eigenvalue weighted by Gasteiger charge is 2.46. The van der Waals surface area contributed by atoms with E-state index in [1.165, 1.54) is 11.8 Å². The molecule has 2 N–H and O–H groups in total. The fourth-order valence-corrected chi connectivity index (χ4v) is 2.54. The lowest BCUT2D eigenvalue weighted by atomic mass is 10.2. The Morgan fingerprint density at radius 2 is 2.54 bits per heavy atom. The minimum absolute atomic E-state index is 0.0137. The normalized spacial score (nSPS) is 23.2. The molecule has 1 aromatic heterocycles. The highest BCUT2D eigenvalue weighted by atomic mass is 32.2. The van der Waals surface area contributed by atoms with Gasteiger partial charge in [0.25, 0.3) is 0 Å². The van der Waals surface area contributed by atoms with Crippen LogP contribution in [0.3, 0.4) is 0 Å². The summed E-state index contributed by atoms with van der Waals surface area (Å²) in [5.41, 5.74) is 1.11. The van der Waals surface area contributed by atoms with Crippen molar-refractivity contribution in [2.24, 2.45) is 0 Å². The van der Waals surface area contributed by atoms with Crippen LogP contribution in [-0.2, 0) is 4.79 Å². The van der Waals surface area contributed by atoms with Crippen molar-refractivity contribution in [3.63, 3.8) is 0 Å². The topological polar surface area (TPSA) is 82.1 Å². The van der Waals surface area contributed by atoms with Gasteiger partial charge < -0.3 is 5.11 Å². The van der Waals surface area contributed by atoms with Crippen LogP contribution in [0.2, 0.25) is 0 Å². The van der Waals surface area contributed by atoms with Crippen LogP contribution in [0.1, 0.15) is 11.1 Å². The minimum Gasteiger partial charge on any atom is -0.477 e. The highest BCUT2D eigenvalue weighted by molar-refractivity contribution is 8.02. The maximum Gasteiger partial charge on any atom is 0.353 e. The zero-order valence-electron chi connectivity index (χ0n) is 6.26. The molecule has 13 heavy (non-hydrogen) atoms. The molecule has 0 aliphatic carbocycles. The summed E-state index contributed by atoms with van der Waals surface area (Å²) in [7, 11) is 0. The second-order valence-electron chi connectivity index (χ2n) is 2.70. The third kappa shape index (κ3) is 0.676. The van der Waals surface area contributed by atoms with Gasteiger partial charge in [-0.3, -0.25) is 4.90 Å². The van der Waals surface area contributed by atoms with Crippen molar-refractivity contribution in [2.75, 3.05) is 4.90 Å². The van der Waals surface area contributed by atoms with E-state index in [0.29, 0.717) is 5.82 Å². The Morgan fingerprint density at radius 3 is 3.31 bits per heavy atom. The number of hydrogen-bond acceptors (Lipinski definition) is 5. The van der Waals surface area contributed by atoms with Gasteiger partial charge in [-0.2, -0.15) is 10.3 Å². The van der Waals surface area contributed by atoms with Gasteiger partial charge >= 0.3 is 5.97 Å². The number of anilines is 1. The van der Waals surface area contributed by atoms with Crippen LogP contribution in [0.25, 0.3) is 0 Å². The lowest BCUT2D eigenvalue weighted by Gasteiger charge is -2.32. The van der Waals surface area contributed by atoms with Crippen LogP contribution in [-0.4, -0.2) is 26.5 Å². The Balaban J connectivity index is 2.06. The number of thioether (sulfide) groups is 1. The zero-order chi connectivity index (χ0) is 9.00. The van der Waals surface area contributed by atoms with Gasteiger partial charge in [0.05, 0.1) is 0 Å². The molecular weight excluding hydrogens is 192 g/mol. The maximum atomic E-state index is 10.7. The summed E-state index contributed by atoms with van der Waals surface area (Å²) < 4.78 is 0. The van der Waals surface area contributed by atoms with Crippen molar-refractivity contribution in [2.45, 2.75) is 5.37 Å². The molecule has 1 aromatic rings. The lowest BCUT2D eigenvalue weighted by Crippen LogP contribution is -2.35. The van der Waals surface area contributed by atoms with Crippen molar-refractivity contribution >= 4 is 23.5 Å². The van der Waals surface area contributed by atoms with E-state index in [0.717, 1.165) is 5.69 Å². The monoisotopic (exact) mass is 196 g/mol. The summed E-state index contributed by atoms with van der Waals surface area (Å²) in [4.78, 5) is 12.4. The van der Waals surface area contributed by atoms with Gasteiger partial charge in [0.1, 0.15) is 16.8 Å². The second-order valence-corrected chi connectivity index (χ2v) is 3.65. The molecule has 1 unspecified atom stereocenters. The fourth-order valence-electron chi connectivity index (χ4n) is 1.45. The van der Waals surface area contributed by atoms with Gasteiger partial charge in [-0.05, 0) is 0 Å². The molecular formula is C6H4N4O2S. The molecule has 0 radical (unpaired) electrons. The van der Waals surface area contributed by atoms with Crippen molar-refractivity contribution in [3.8, 4) is 0 Å². The van der Waals surface area contributed by atoms with E-state index in [9.17, 15) is 4.79 Å². The van der Waals surface area contributed by atoms with Crippen molar-refractivity contribution in [3.05, 3.63) is 16.8 Å². The molecule has 0 fully saturated rings. The molecule has 66 valence electrons. The minimum atomic E-state index is -0.927. The fraction of sp³-hybridized carbons (Fsp3) is 0.167. The molecule has 3 heterocycles. The van der Waals surface area contributed by atoms with Crippen molar-refractivity contribution in [1.82, 2.24) is 15.4 Å². The molecule has 0 aromatic carbocycles. The Kier molecular flexibility index (Phi) is 1.10. The third-order valence-corrected chi connectivity index (χ3v) is 3.09. The molecule has 0 saturated heterocycles. The average Bonchev–Trinajstić information content (AvgIpc) is 2.58. The van der Waals surface area contributed by atoms with Crippen LogP contribution in [0.15, 0.2) is 11.1 Å². The van der Waals surface area contributed by atoms with Gasteiger partial charge in [-0.1, -0.05) is 11.8 Å². The summed E-state index contributed by atoms with van der Waals surface area (Å²) in [5.74, 6) is -0.299. The molecule has 7 heteroatoms. The van der Waals surface area contributed by atoms with Gasteiger partial charge in [0.2, 0.25) is 0 Å². The highest BCUT2D eigenvalue weighted by Crippen LogP contribution is 2.54. The number of nitrogens with one attached hydrogen (secondary N) is 1. The molecule has 0 amide bonds. The summed E-state index contributed by atoms with van der Waals surface area (Å²) in [6.07, 6.45) is 0. The molecule has 0 saturated carbocycles.